The second-order valence-electron chi connectivity index (χ2n) is 6.89. The Kier molecular flexibility index (Phi) is 7.43. The smallest absolute Gasteiger partial charge is 0.274 e. The lowest BCUT2D eigenvalue weighted by Gasteiger charge is -2.18. The molecule has 1 aromatic heterocycles. The maximum absolute atomic E-state index is 11.5. The number of aromatic nitrogens is 4. The number of carbonyl (C=O) groups excluding carboxylic acids is 1. The van der Waals surface area contributed by atoms with E-state index in [4.69, 9.17) is 5.21 Å². The molecule has 0 aliphatic rings. The summed E-state index contributed by atoms with van der Waals surface area (Å²) in [5.41, 5.74) is 4.22. The van der Waals surface area contributed by atoms with E-state index in [1.807, 2.05) is 35.0 Å². The second-order valence-corrected chi connectivity index (χ2v) is 6.89. The number of hydrogen-bond donors (Lipinski definition) is 3. The first-order chi connectivity index (χ1) is 14.2. The number of carbonyl (C=O) groups is 1. The Hall–Kier alpha value is -3.10. The Bertz CT molecular complexity index is 895. The van der Waals surface area contributed by atoms with Crippen molar-refractivity contribution in [2.24, 2.45) is 0 Å². The van der Waals surface area contributed by atoms with Crippen LogP contribution in [-0.4, -0.2) is 31.3 Å². The molecule has 0 spiro atoms. The van der Waals surface area contributed by atoms with Crippen LogP contribution in [0.5, 0.6) is 0 Å². The monoisotopic (exact) mass is 394 g/mol. The summed E-state index contributed by atoms with van der Waals surface area (Å²) >= 11 is 0. The van der Waals surface area contributed by atoms with Gasteiger partial charge in [-0.05, 0) is 40.1 Å². The van der Waals surface area contributed by atoms with E-state index in [-0.39, 0.29) is 6.04 Å². The molecule has 0 aliphatic heterocycles. The predicted molar refractivity (Wildman–Crippen MR) is 108 cm³/mol. The largest absolute Gasteiger partial charge is 0.303 e. The first-order valence-electron chi connectivity index (χ1n) is 9.78. The zero-order chi connectivity index (χ0) is 20.5. The molecular weight excluding hydrogens is 368 g/mol. The fourth-order valence-electron chi connectivity index (χ4n) is 3.14. The summed E-state index contributed by atoms with van der Waals surface area (Å²) < 4.78 is 1.84. The van der Waals surface area contributed by atoms with Crippen molar-refractivity contribution >= 4 is 5.91 Å². The molecule has 0 aliphatic carbocycles. The molecule has 0 saturated carbocycles. The fraction of sp³-hybridized carbons (Fsp3) is 0.333. The highest BCUT2D eigenvalue weighted by molar-refractivity contribution is 5.93. The fourth-order valence-corrected chi connectivity index (χ4v) is 3.14. The molecule has 1 heterocycles. The molecule has 1 atom stereocenters. The molecule has 0 saturated heterocycles. The number of rotatable bonds is 10. The Morgan fingerprint density at radius 2 is 1.86 bits per heavy atom. The van der Waals surface area contributed by atoms with Gasteiger partial charge >= 0.3 is 0 Å². The number of amides is 1. The quantitative estimate of drug-likeness (QED) is 0.361. The molecule has 0 fully saturated rings. The van der Waals surface area contributed by atoms with Crippen LogP contribution in [0.3, 0.4) is 0 Å². The molecule has 0 radical (unpaired) electrons. The standard InChI is InChI=1S/C21H26N6O2/c1-2-3-9-19(22-14-16-10-12-18(13-11-16)21(28)24-29)20-23-25-26-27(20)15-17-7-5-4-6-8-17/h4-8,10-13,19,22,29H,2-3,9,14-15H2,1H3,(H,24,28). The van der Waals surface area contributed by atoms with Crippen LogP contribution in [0.15, 0.2) is 54.6 Å². The van der Waals surface area contributed by atoms with Crippen molar-refractivity contribution in [1.82, 2.24) is 31.0 Å². The molecule has 0 bridgehead atoms. The van der Waals surface area contributed by atoms with Gasteiger partial charge in [-0.1, -0.05) is 62.2 Å². The number of tetrazole rings is 1. The van der Waals surface area contributed by atoms with Crippen molar-refractivity contribution in [2.75, 3.05) is 0 Å². The number of hydroxylamine groups is 1. The van der Waals surface area contributed by atoms with Crippen LogP contribution in [0, 0.1) is 0 Å². The van der Waals surface area contributed by atoms with Gasteiger partial charge < -0.3 is 5.32 Å². The lowest BCUT2D eigenvalue weighted by atomic mass is 10.1. The molecule has 3 rings (SSSR count). The maximum Gasteiger partial charge on any atom is 0.274 e. The third-order valence-corrected chi connectivity index (χ3v) is 4.76. The molecule has 3 N–H and O–H groups in total. The summed E-state index contributed by atoms with van der Waals surface area (Å²) in [6, 6.07) is 17.2. The van der Waals surface area contributed by atoms with Gasteiger partial charge in [0.2, 0.25) is 0 Å². The van der Waals surface area contributed by atoms with Crippen LogP contribution in [0.1, 0.15) is 59.5 Å². The highest BCUT2D eigenvalue weighted by Crippen LogP contribution is 2.19. The molecule has 2 aromatic carbocycles. The summed E-state index contributed by atoms with van der Waals surface area (Å²) in [5.74, 6) is 0.295. The average Bonchev–Trinajstić information content (AvgIpc) is 3.22. The van der Waals surface area contributed by atoms with E-state index in [1.54, 1.807) is 17.6 Å². The van der Waals surface area contributed by atoms with E-state index in [0.29, 0.717) is 18.7 Å². The number of benzene rings is 2. The highest BCUT2D eigenvalue weighted by Gasteiger charge is 2.19. The van der Waals surface area contributed by atoms with Gasteiger partial charge in [0.15, 0.2) is 5.82 Å². The number of nitrogens with one attached hydrogen (secondary N) is 2. The van der Waals surface area contributed by atoms with Crippen LogP contribution in [0.4, 0.5) is 0 Å². The van der Waals surface area contributed by atoms with Crippen LogP contribution in [0.2, 0.25) is 0 Å². The van der Waals surface area contributed by atoms with Gasteiger partial charge in [-0.3, -0.25) is 10.0 Å². The first kappa shape index (κ1) is 20.6. The van der Waals surface area contributed by atoms with Gasteiger partial charge in [-0.25, -0.2) is 10.2 Å². The van der Waals surface area contributed by atoms with Crippen molar-refractivity contribution < 1.29 is 10.0 Å². The molecule has 152 valence electrons. The van der Waals surface area contributed by atoms with E-state index < -0.39 is 5.91 Å². The lowest BCUT2D eigenvalue weighted by molar-refractivity contribution is 0.0706. The van der Waals surface area contributed by atoms with Crippen molar-refractivity contribution in [1.29, 1.82) is 0 Å². The normalized spacial score (nSPS) is 11.9. The molecule has 8 nitrogen and oxygen atoms in total. The average molecular weight is 394 g/mol. The van der Waals surface area contributed by atoms with Gasteiger partial charge in [0.25, 0.3) is 5.91 Å². The summed E-state index contributed by atoms with van der Waals surface area (Å²) in [6.45, 7) is 3.40. The van der Waals surface area contributed by atoms with E-state index in [1.165, 1.54) is 0 Å². The Labute approximate surface area is 169 Å². The molecule has 8 heteroatoms. The Morgan fingerprint density at radius 1 is 1.10 bits per heavy atom. The highest BCUT2D eigenvalue weighted by atomic mass is 16.5. The number of hydrogen-bond acceptors (Lipinski definition) is 6. The van der Waals surface area contributed by atoms with Crippen molar-refractivity contribution in [3.63, 3.8) is 0 Å². The Balaban J connectivity index is 1.70. The molecule has 3 aromatic rings. The van der Waals surface area contributed by atoms with Crippen molar-refractivity contribution in [2.45, 2.75) is 45.3 Å². The minimum absolute atomic E-state index is 0.0223. The minimum atomic E-state index is -0.523. The summed E-state index contributed by atoms with van der Waals surface area (Å²) in [7, 11) is 0. The Morgan fingerprint density at radius 3 is 2.55 bits per heavy atom. The number of unbranched alkanes of at least 4 members (excludes halogenated alkanes) is 1. The summed E-state index contributed by atoms with van der Waals surface area (Å²) in [4.78, 5) is 11.5. The topological polar surface area (TPSA) is 105 Å². The van der Waals surface area contributed by atoms with E-state index in [9.17, 15) is 4.79 Å². The van der Waals surface area contributed by atoms with Gasteiger partial charge in [-0.15, -0.1) is 5.10 Å². The van der Waals surface area contributed by atoms with E-state index >= 15 is 0 Å². The minimum Gasteiger partial charge on any atom is -0.303 e. The van der Waals surface area contributed by atoms with E-state index in [2.05, 4.69) is 39.9 Å². The van der Waals surface area contributed by atoms with Crippen LogP contribution >= 0.6 is 0 Å². The third-order valence-electron chi connectivity index (χ3n) is 4.76. The lowest BCUT2D eigenvalue weighted by Crippen LogP contribution is -2.25. The molecule has 29 heavy (non-hydrogen) atoms. The van der Waals surface area contributed by atoms with Gasteiger partial charge in [0.05, 0.1) is 12.6 Å². The van der Waals surface area contributed by atoms with Gasteiger partial charge in [0, 0.05) is 12.1 Å². The molecule has 1 amide bonds. The zero-order valence-electron chi connectivity index (χ0n) is 16.5. The SMILES string of the molecule is CCCCC(NCc1ccc(C(=O)NO)cc1)c1nnnn1Cc1ccccc1. The van der Waals surface area contributed by atoms with Crippen LogP contribution in [0.25, 0.3) is 0 Å². The van der Waals surface area contributed by atoms with Crippen LogP contribution in [-0.2, 0) is 13.1 Å². The van der Waals surface area contributed by atoms with Crippen LogP contribution < -0.4 is 10.8 Å². The van der Waals surface area contributed by atoms with E-state index in [0.717, 1.165) is 36.2 Å². The molecule has 1 unspecified atom stereocenters. The third kappa shape index (κ3) is 5.69. The maximum atomic E-state index is 11.5. The summed E-state index contributed by atoms with van der Waals surface area (Å²) in [6.07, 6.45) is 3.07. The summed E-state index contributed by atoms with van der Waals surface area (Å²) in [5, 5.41) is 24.6. The molecular formula is C21H26N6O2. The second kappa shape index (κ2) is 10.4. The first-order valence-corrected chi connectivity index (χ1v) is 9.78. The van der Waals surface area contributed by atoms with Crippen molar-refractivity contribution in [3.05, 3.63) is 77.1 Å². The van der Waals surface area contributed by atoms with Gasteiger partial charge in [0.1, 0.15) is 0 Å². The predicted octanol–water partition coefficient (Wildman–Crippen LogP) is 2.86. The zero-order valence-corrected chi connectivity index (χ0v) is 16.5. The number of nitrogens with zero attached hydrogens (tertiary/aromatic N) is 4. The van der Waals surface area contributed by atoms with Crippen molar-refractivity contribution in [3.8, 4) is 0 Å². The van der Waals surface area contributed by atoms with Gasteiger partial charge in [-0.2, -0.15) is 0 Å².